The minimum absolute atomic E-state index is 0.0501. The van der Waals surface area contributed by atoms with Gasteiger partial charge in [0.25, 0.3) is 0 Å². The lowest BCUT2D eigenvalue weighted by atomic mass is 10.1. The Morgan fingerprint density at radius 2 is 2.38 bits per heavy atom. The highest BCUT2D eigenvalue weighted by Crippen LogP contribution is 2.20. The summed E-state index contributed by atoms with van der Waals surface area (Å²) in [5, 5.41) is 5.95. The lowest BCUT2D eigenvalue weighted by molar-refractivity contribution is -0.130. The quantitative estimate of drug-likeness (QED) is 0.866. The largest absolute Gasteiger partial charge is 0.350 e. The molecule has 0 saturated carbocycles. The van der Waals surface area contributed by atoms with E-state index in [1.54, 1.807) is 28.0 Å². The van der Waals surface area contributed by atoms with Gasteiger partial charge in [-0.25, -0.2) is 4.98 Å². The molecule has 1 saturated heterocycles. The molecule has 0 radical (unpaired) electrons. The third-order valence-electron chi connectivity index (χ3n) is 3.46. The van der Waals surface area contributed by atoms with E-state index in [4.69, 9.17) is 0 Å². The highest BCUT2D eigenvalue weighted by molar-refractivity contribution is 7.97. The number of thioether (sulfide) groups is 1. The molecule has 1 fully saturated rings. The number of likely N-dealkylation sites (tertiary alicyclic amines) is 1. The molecule has 1 aromatic heterocycles. The number of amides is 2. The maximum Gasteiger partial charge on any atom is 0.225 e. The monoisotopic (exact) mass is 327 g/mol. The van der Waals surface area contributed by atoms with Crippen molar-refractivity contribution in [1.82, 2.24) is 15.2 Å². The van der Waals surface area contributed by atoms with Gasteiger partial charge < -0.3 is 10.2 Å². The Bertz CT molecular complexity index is 516. The summed E-state index contributed by atoms with van der Waals surface area (Å²) in [7, 11) is 0. The van der Waals surface area contributed by atoms with E-state index < -0.39 is 0 Å². The molecule has 0 aliphatic carbocycles. The SMILES string of the molecule is CSCc1nc(CNC(=O)[C@H]2CC(=O)N(C(C)C)C2)cs1. The summed E-state index contributed by atoms with van der Waals surface area (Å²) in [4.78, 5) is 30.2. The highest BCUT2D eigenvalue weighted by atomic mass is 32.2. The van der Waals surface area contributed by atoms with Crippen LogP contribution in [-0.4, -0.2) is 40.5 Å². The minimum Gasteiger partial charge on any atom is -0.350 e. The van der Waals surface area contributed by atoms with Crippen LogP contribution in [0.15, 0.2) is 5.38 Å². The predicted octanol–water partition coefficient (Wildman–Crippen LogP) is 1.88. The molecule has 5 nitrogen and oxygen atoms in total. The summed E-state index contributed by atoms with van der Waals surface area (Å²) in [5.41, 5.74) is 0.891. The zero-order valence-corrected chi connectivity index (χ0v) is 14.2. The molecule has 0 aromatic carbocycles. The van der Waals surface area contributed by atoms with Crippen LogP contribution in [0.4, 0.5) is 0 Å². The Kier molecular flexibility index (Phi) is 5.64. The molecule has 1 aliphatic rings. The number of rotatable bonds is 6. The van der Waals surface area contributed by atoms with Gasteiger partial charge in [0.05, 0.1) is 18.2 Å². The van der Waals surface area contributed by atoms with Gasteiger partial charge in [0, 0.05) is 30.1 Å². The van der Waals surface area contributed by atoms with Gasteiger partial charge in [-0.1, -0.05) is 0 Å². The maximum absolute atomic E-state index is 12.1. The van der Waals surface area contributed by atoms with Crippen molar-refractivity contribution in [1.29, 1.82) is 0 Å². The highest BCUT2D eigenvalue weighted by Gasteiger charge is 2.35. The van der Waals surface area contributed by atoms with Crippen molar-refractivity contribution >= 4 is 34.9 Å². The molecule has 1 aliphatic heterocycles. The molecule has 0 bridgehead atoms. The Balaban J connectivity index is 1.83. The topological polar surface area (TPSA) is 62.3 Å². The first-order valence-electron chi connectivity index (χ1n) is 7.00. The fraction of sp³-hybridized carbons (Fsp3) is 0.643. The molecule has 1 N–H and O–H groups in total. The van der Waals surface area contributed by atoms with Crippen LogP contribution < -0.4 is 5.32 Å². The van der Waals surface area contributed by atoms with Gasteiger partial charge in [-0.2, -0.15) is 11.8 Å². The van der Waals surface area contributed by atoms with E-state index in [1.807, 2.05) is 25.5 Å². The fourth-order valence-electron chi connectivity index (χ4n) is 2.35. The summed E-state index contributed by atoms with van der Waals surface area (Å²) in [6.07, 6.45) is 2.36. The van der Waals surface area contributed by atoms with Crippen molar-refractivity contribution in [2.75, 3.05) is 12.8 Å². The summed E-state index contributed by atoms with van der Waals surface area (Å²) >= 11 is 3.35. The number of hydrogen-bond acceptors (Lipinski definition) is 5. The third-order valence-corrected chi connectivity index (χ3v) is 5.11. The van der Waals surface area contributed by atoms with Crippen LogP contribution in [0.1, 0.15) is 31.0 Å². The Morgan fingerprint density at radius 3 is 3.00 bits per heavy atom. The lowest BCUT2D eigenvalue weighted by Gasteiger charge is -2.20. The van der Waals surface area contributed by atoms with E-state index in [9.17, 15) is 9.59 Å². The number of carbonyl (C=O) groups is 2. The van der Waals surface area contributed by atoms with Crippen molar-refractivity contribution in [3.63, 3.8) is 0 Å². The Morgan fingerprint density at radius 1 is 1.62 bits per heavy atom. The summed E-state index contributed by atoms with van der Waals surface area (Å²) in [5.74, 6) is 0.690. The number of nitrogens with zero attached hydrogens (tertiary/aromatic N) is 2. The van der Waals surface area contributed by atoms with E-state index >= 15 is 0 Å². The average Bonchev–Trinajstić information content (AvgIpc) is 3.03. The second-order valence-corrected chi connectivity index (χ2v) is 7.23. The van der Waals surface area contributed by atoms with Crippen molar-refractivity contribution < 1.29 is 9.59 Å². The van der Waals surface area contributed by atoms with Crippen molar-refractivity contribution in [3.05, 3.63) is 16.1 Å². The van der Waals surface area contributed by atoms with Gasteiger partial charge in [0.1, 0.15) is 5.01 Å². The van der Waals surface area contributed by atoms with E-state index in [0.717, 1.165) is 16.5 Å². The van der Waals surface area contributed by atoms with E-state index in [2.05, 4.69) is 10.3 Å². The third kappa shape index (κ3) is 4.20. The van der Waals surface area contributed by atoms with Crippen molar-refractivity contribution in [2.24, 2.45) is 5.92 Å². The first-order chi connectivity index (χ1) is 10.0. The van der Waals surface area contributed by atoms with Crippen LogP contribution >= 0.6 is 23.1 Å². The van der Waals surface area contributed by atoms with Crippen LogP contribution in [-0.2, 0) is 21.9 Å². The predicted molar refractivity (Wildman–Crippen MR) is 86.1 cm³/mol. The molecular formula is C14H21N3O2S2. The van der Waals surface area contributed by atoms with Crippen LogP contribution in [0.25, 0.3) is 0 Å². The lowest BCUT2D eigenvalue weighted by Crippen LogP contribution is -2.35. The van der Waals surface area contributed by atoms with Gasteiger partial charge in [0.15, 0.2) is 0 Å². The van der Waals surface area contributed by atoms with Gasteiger partial charge in [-0.3, -0.25) is 9.59 Å². The zero-order chi connectivity index (χ0) is 15.4. The molecule has 2 heterocycles. The molecule has 0 unspecified atom stereocenters. The fourth-order valence-corrected chi connectivity index (χ4v) is 3.86. The van der Waals surface area contributed by atoms with Crippen LogP contribution in [0.3, 0.4) is 0 Å². The molecule has 1 atom stereocenters. The molecule has 2 amide bonds. The van der Waals surface area contributed by atoms with Gasteiger partial charge in [-0.15, -0.1) is 11.3 Å². The van der Waals surface area contributed by atoms with Crippen molar-refractivity contribution in [3.8, 4) is 0 Å². The first kappa shape index (κ1) is 16.3. The van der Waals surface area contributed by atoms with Crippen LogP contribution in [0.2, 0.25) is 0 Å². The first-order valence-corrected chi connectivity index (χ1v) is 9.28. The number of thiazole rings is 1. The van der Waals surface area contributed by atoms with Gasteiger partial charge >= 0.3 is 0 Å². The molecule has 2 rings (SSSR count). The Hall–Kier alpha value is -1.08. The van der Waals surface area contributed by atoms with Crippen LogP contribution in [0, 0.1) is 5.92 Å². The molecule has 116 valence electrons. The van der Waals surface area contributed by atoms with E-state index in [0.29, 0.717) is 19.5 Å². The number of nitrogens with one attached hydrogen (secondary N) is 1. The van der Waals surface area contributed by atoms with Crippen LogP contribution in [0.5, 0.6) is 0 Å². The second-order valence-electron chi connectivity index (χ2n) is 5.42. The van der Waals surface area contributed by atoms with E-state index in [-0.39, 0.29) is 23.8 Å². The number of aromatic nitrogens is 1. The molecule has 0 spiro atoms. The van der Waals surface area contributed by atoms with Gasteiger partial charge in [0.2, 0.25) is 11.8 Å². The molecule has 7 heteroatoms. The number of carbonyl (C=O) groups excluding carboxylic acids is 2. The van der Waals surface area contributed by atoms with Gasteiger partial charge in [-0.05, 0) is 20.1 Å². The smallest absolute Gasteiger partial charge is 0.225 e. The summed E-state index contributed by atoms with van der Waals surface area (Å²) < 4.78 is 0. The average molecular weight is 327 g/mol. The minimum atomic E-state index is -0.232. The molecule has 21 heavy (non-hydrogen) atoms. The normalized spacial score (nSPS) is 18.6. The zero-order valence-electron chi connectivity index (χ0n) is 12.6. The van der Waals surface area contributed by atoms with Crippen molar-refractivity contribution in [2.45, 2.75) is 38.6 Å². The summed E-state index contributed by atoms with van der Waals surface area (Å²) in [6.45, 7) is 4.91. The molecule has 1 aromatic rings. The molecular weight excluding hydrogens is 306 g/mol. The Labute approximate surface area is 133 Å². The summed E-state index contributed by atoms with van der Waals surface area (Å²) in [6, 6.07) is 0.156. The standard InChI is InChI=1S/C14H21N3O2S2/c1-9(2)17-6-10(4-13(17)18)14(19)15-5-11-7-21-12(16-11)8-20-3/h7,9-10H,4-6,8H2,1-3H3,(H,15,19)/t10-/m0/s1. The maximum atomic E-state index is 12.1. The number of hydrogen-bond donors (Lipinski definition) is 1. The van der Waals surface area contributed by atoms with E-state index in [1.165, 1.54) is 0 Å². The second kappa shape index (κ2) is 7.26.